The molecule has 0 bridgehead atoms. The standard InChI is InChI=1S/C26H20FNO2/c27-19-12-11-18-13-22(28-21(18)14-19)24(17-9-5-2-6-10-17)25-23(29)15-20(26(25)30)16-7-3-1-4-8-16/h1-14,20,24,28,30H,15H2. The van der Waals surface area contributed by atoms with E-state index in [-0.39, 0.29) is 29.7 Å². The Hall–Kier alpha value is -3.66. The summed E-state index contributed by atoms with van der Waals surface area (Å²) in [7, 11) is 0. The van der Waals surface area contributed by atoms with Crippen LogP contribution in [0.25, 0.3) is 10.9 Å². The van der Waals surface area contributed by atoms with Gasteiger partial charge in [-0.3, -0.25) is 4.79 Å². The van der Waals surface area contributed by atoms with Crippen molar-refractivity contribution in [1.29, 1.82) is 0 Å². The molecule has 2 atom stereocenters. The van der Waals surface area contributed by atoms with Gasteiger partial charge < -0.3 is 10.1 Å². The minimum atomic E-state index is -0.456. The van der Waals surface area contributed by atoms with Crippen LogP contribution in [-0.2, 0) is 4.79 Å². The van der Waals surface area contributed by atoms with Gasteiger partial charge in [0.25, 0.3) is 0 Å². The highest BCUT2D eigenvalue weighted by Crippen LogP contribution is 2.44. The van der Waals surface area contributed by atoms with Crippen LogP contribution in [0.3, 0.4) is 0 Å². The number of H-pyrrole nitrogens is 1. The number of aromatic nitrogens is 1. The van der Waals surface area contributed by atoms with E-state index >= 15 is 0 Å². The van der Waals surface area contributed by atoms with Gasteiger partial charge in [0.05, 0.1) is 5.92 Å². The number of nitrogens with one attached hydrogen (secondary N) is 1. The van der Waals surface area contributed by atoms with Crippen LogP contribution in [0, 0.1) is 5.82 Å². The van der Waals surface area contributed by atoms with Gasteiger partial charge >= 0.3 is 0 Å². The number of carbonyl (C=O) groups is 1. The van der Waals surface area contributed by atoms with Gasteiger partial charge in [-0.2, -0.15) is 0 Å². The maximum absolute atomic E-state index is 13.7. The number of fused-ring (bicyclic) bond motifs is 1. The van der Waals surface area contributed by atoms with Crippen molar-refractivity contribution < 1.29 is 14.3 Å². The molecule has 1 aromatic heterocycles. The lowest BCUT2D eigenvalue weighted by Gasteiger charge is -2.18. The summed E-state index contributed by atoms with van der Waals surface area (Å²) in [5, 5.41) is 12.0. The second-order valence-corrected chi connectivity index (χ2v) is 7.69. The molecule has 4 aromatic rings. The molecule has 0 fully saturated rings. The maximum Gasteiger partial charge on any atom is 0.164 e. The zero-order chi connectivity index (χ0) is 20.7. The van der Waals surface area contributed by atoms with Gasteiger partial charge in [-0.25, -0.2) is 4.39 Å². The lowest BCUT2D eigenvalue weighted by atomic mass is 9.86. The quantitative estimate of drug-likeness (QED) is 0.443. The van der Waals surface area contributed by atoms with Crippen LogP contribution in [0.4, 0.5) is 4.39 Å². The van der Waals surface area contributed by atoms with Gasteiger partial charge in [0.1, 0.15) is 11.6 Å². The van der Waals surface area contributed by atoms with Gasteiger partial charge in [0, 0.05) is 29.1 Å². The summed E-state index contributed by atoms with van der Waals surface area (Å²) in [6.07, 6.45) is 0.239. The van der Waals surface area contributed by atoms with Crippen molar-refractivity contribution in [3.63, 3.8) is 0 Å². The van der Waals surface area contributed by atoms with E-state index in [1.165, 1.54) is 12.1 Å². The number of Topliss-reactive ketones (excluding diaryl/α,β-unsaturated/α-hetero) is 1. The fourth-order valence-electron chi connectivity index (χ4n) is 4.42. The maximum atomic E-state index is 13.7. The van der Waals surface area contributed by atoms with Crippen LogP contribution in [0.5, 0.6) is 0 Å². The number of halogens is 1. The SMILES string of the molecule is O=C1CC(c2ccccc2)C(O)=C1C(c1ccccc1)c1cc2ccc(F)cc2[nH]1. The third kappa shape index (κ3) is 3.11. The summed E-state index contributed by atoms with van der Waals surface area (Å²) >= 11 is 0. The van der Waals surface area contributed by atoms with E-state index in [4.69, 9.17) is 0 Å². The average molecular weight is 397 g/mol. The third-order valence-corrected chi connectivity index (χ3v) is 5.84. The molecule has 2 unspecified atom stereocenters. The molecular formula is C26H20FNO2. The number of carbonyl (C=O) groups excluding carboxylic acids is 1. The summed E-state index contributed by atoms with van der Waals surface area (Å²) in [6.45, 7) is 0. The zero-order valence-corrected chi connectivity index (χ0v) is 16.2. The van der Waals surface area contributed by atoms with Crippen molar-refractivity contribution >= 4 is 16.7 Å². The summed E-state index contributed by atoms with van der Waals surface area (Å²) in [5.41, 5.74) is 3.64. The first kappa shape index (κ1) is 18.4. The highest BCUT2D eigenvalue weighted by Gasteiger charge is 2.39. The predicted molar refractivity (Wildman–Crippen MR) is 115 cm³/mol. The van der Waals surface area contributed by atoms with Crippen LogP contribution in [0.1, 0.15) is 35.1 Å². The first-order valence-electron chi connectivity index (χ1n) is 9.96. The molecule has 1 aliphatic rings. The highest BCUT2D eigenvalue weighted by atomic mass is 19.1. The molecule has 3 aromatic carbocycles. The number of aliphatic hydroxyl groups excluding tert-OH is 1. The summed E-state index contributed by atoms with van der Waals surface area (Å²) in [6, 6.07) is 25.7. The van der Waals surface area contributed by atoms with Gasteiger partial charge in [0.2, 0.25) is 0 Å². The normalized spacial score (nSPS) is 17.6. The lowest BCUT2D eigenvalue weighted by Crippen LogP contribution is -2.11. The van der Waals surface area contributed by atoms with Gasteiger partial charge in [-0.15, -0.1) is 0 Å². The Balaban J connectivity index is 1.68. The number of rotatable bonds is 4. The monoisotopic (exact) mass is 397 g/mol. The molecule has 4 heteroatoms. The Kier molecular flexibility index (Phi) is 4.47. The molecule has 0 aliphatic heterocycles. The van der Waals surface area contributed by atoms with Crippen molar-refractivity contribution in [2.75, 3.05) is 0 Å². The van der Waals surface area contributed by atoms with Crippen LogP contribution in [0.15, 0.2) is 96.3 Å². The Morgan fingerprint density at radius 3 is 2.37 bits per heavy atom. The first-order valence-corrected chi connectivity index (χ1v) is 9.96. The Bertz CT molecular complexity index is 1260. The minimum Gasteiger partial charge on any atom is -0.511 e. The molecule has 3 nitrogen and oxygen atoms in total. The van der Waals surface area contributed by atoms with Crippen LogP contribution in [0.2, 0.25) is 0 Å². The number of aliphatic hydroxyl groups is 1. The number of aromatic amines is 1. The van der Waals surface area contributed by atoms with Crippen molar-refractivity contribution in [3.8, 4) is 0 Å². The Labute approximate surface area is 173 Å². The van der Waals surface area contributed by atoms with Crippen LogP contribution < -0.4 is 0 Å². The molecular weight excluding hydrogens is 377 g/mol. The first-order chi connectivity index (χ1) is 14.6. The van der Waals surface area contributed by atoms with Gasteiger partial charge in [-0.05, 0) is 40.8 Å². The molecule has 0 saturated heterocycles. The minimum absolute atomic E-state index is 0.0694. The summed E-state index contributed by atoms with van der Waals surface area (Å²) in [4.78, 5) is 16.4. The molecule has 2 N–H and O–H groups in total. The van der Waals surface area contributed by atoms with Crippen molar-refractivity contribution in [2.24, 2.45) is 0 Å². The Morgan fingerprint density at radius 2 is 1.63 bits per heavy atom. The smallest absolute Gasteiger partial charge is 0.164 e. The molecule has 0 spiro atoms. The number of benzene rings is 3. The van der Waals surface area contributed by atoms with E-state index in [1.807, 2.05) is 66.7 Å². The van der Waals surface area contributed by atoms with Crippen LogP contribution in [-0.4, -0.2) is 15.9 Å². The number of hydrogen-bond donors (Lipinski definition) is 2. The molecule has 1 aliphatic carbocycles. The molecule has 0 saturated carbocycles. The molecule has 0 amide bonds. The lowest BCUT2D eigenvalue weighted by molar-refractivity contribution is -0.115. The molecule has 5 rings (SSSR count). The average Bonchev–Trinajstić information content (AvgIpc) is 3.31. The van der Waals surface area contributed by atoms with E-state index in [2.05, 4.69) is 4.98 Å². The van der Waals surface area contributed by atoms with E-state index in [1.54, 1.807) is 6.07 Å². The largest absolute Gasteiger partial charge is 0.511 e. The highest BCUT2D eigenvalue weighted by molar-refractivity contribution is 6.02. The third-order valence-electron chi connectivity index (χ3n) is 5.84. The van der Waals surface area contributed by atoms with Crippen molar-refractivity contribution in [1.82, 2.24) is 4.98 Å². The van der Waals surface area contributed by atoms with Gasteiger partial charge in [-0.1, -0.05) is 60.7 Å². The Morgan fingerprint density at radius 1 is 0.933 bits per heavy atom. The number of ketones is 1. The predicted octanol–water partition coefficient (Wildman–Crippen LogP) is 6.01. The second kappa shape index (κ2) is 7.30. The summed E-state index contributed by atoms with van der Waals surface area (Å²) < 4.78 is 13.7. The number of allylic oxidation sites excluding steroid dienone is 2. The molecule has 30 heavy (non-hydrogen) atoms. The van der Waals surface area contributed by atoms with Crippen molar-refractivity contribution in [3.05, 3.63) is 119 Å². The van der Waals surface area contributed by atoms with Gasteiger partial charge in [0.15, 0.2) is 5.78 Å². The van der Waals surface area contributed by atoms with E-state index in [0.29, 0.717) is 11.1 Å². The zero-order valence-electron chi connectivity index (χ0n) is 16.2. The molecule has 0 radical (unpaired) electrons. The second-order valence-electron chi connectivity index (χ2n) is 7.69. The molecule has 1 heterocycles. The van der Waals surface area contributed by atoms with E-state index < -0.39 is 5.92 Å². The summed E-state index contributed by atoms with van der Waals surface area (Å²) in [5.74, 6) is -1.08. The van der Waals surface area contributed by atoms with E-state index in [0.717, 1.165) is 22.2 Å². The fourth-order valence-corrected chi connectivity index (χ4v) is 4.42. The number of hydrogen-bond acceptors (Lipinski definition) is 2. The van der Waals surface area contributed by atoms with Crippen molar-refractivity contribution in [2.45, 2.75) is 18.3 Å². The topological polar surface area (TPSA) is 53.1 Å². The van der Waals surface area contributed by atoms with Crippen LogP contribution >= 0.6 is 0 Å². The molecule has 148 valence electrons. The van der Waals surface area contributed by atoms with E-state index in [9.17, 15) is 14.3 Å². The fraction of sp³-hybridized carbons (Fsp3) is 0.115.